The number of hydrogen-bond acceptors (Lipinski definition) is 6. The molecule has 7 heteroatoms. The number of rotatable bonds is 6. The Hall–Kier alpha value is -2.44. The summed E-state index contributed by atoms with van der Waals surface area (Å²) < 4.78 is 5.21. The van der Waals surface area contributed by atoms with E-state index in [9.17, 15) is 10.1 Å². The number of hydrogen-bond donors (Lipinski definition) is 1. The number of benzene rings is 1. The number of nitro groups is 1. The molecule has 4 rings (SSSR count). The highest BCUT2D eigenvalue weighted by atomic mass is 16.6. The zero-order chi connectivity index (χ0) is 15.2. The van der Waals surface area contributed by atoms with Gasteiger partial charge in [0.15, 0.2) is 0 Å². The van der Waals surface area contributed by atoms with Gasteiger partial charge in [-0.1, -0.05) is 5.16 Å². The van der Waals surface area contributed by atoms with Crippen LogP contribution in [0.4, 0.5) is 11.7 Å². The van der Waals surface area contributed by atoms with Crippen molar-refractivity contribution in [1.82, 2.24) is 10.1 Å². The average Bonchev–Trinajstić information content (AvgIpc) is 3.43. The molecule has 1 aromatic heterocycles. The molecule has 114 valence electrons. The molecule has 1 aromatic carbocycles. The summed E-state index contributed by atoms with van der Waals surface area (Å²) >= 11 is 0. The Morgan fingerprint density at radius 2 is 2.05 bits per heavy atom. The molecule has 0 aliphatic heterocycles. The first-order valence-electron chi connectivity index (χ1n) is 7.49. The second-order valence-corrected chi connectivity index (χ2v) is 6.22. The fraction of sp³-hybridized carbons (Fsp3) is 0.467. The van der Waals surface area contributed by atoms with Crippen LogP contribution in [0.25, 0.3) is 11.4 Å². The molecule has 2 fully saturated rings. The molecule has 1 heterocycles. The minimum atomic E-state index is -0.431. The number of anilines is 1. The quantitative estimate of drug-likeness (QED) is 0.650. The Bertz CT molecular complexity index is 702. The summed E-state index contributed by atoms with van der Waals surface area (Å²) in [5, 5.41) is 17.8. The number of nitro benzene ring substituents is 1. The van der Waals surface area contributed by atoms with Crippen molar-refractivity contribution in [3.8, 4) is 11.4 Å². The molecule has 7 nitrogen and oxygen atoms in total. The van der Waals surface area contributed by atoms with Gasteiger partial charge in [-0.05, 0) is 49.1 Å². The maximum atomic E-state index is 10.6. The summed E-state index contributed by atoms with van der Waals surface area (Å²) in [7, 11) is 0. The van der Waals surface area contributed by atoms with Gasteiger partial charge in [0.2, 0.25) is 5.82 Å². The van der Waals surface area contributed by atoms with E-state index < -0.39 is 4.92 Å². The van der Waals surface area contributed by atoms with Crippen LogP contribution < -0.4 is 5.32 Å². The van der Waals surface area contributed by atoms with Gasteiger partial charge in [-0.3, -0.25) is 10.1 Å². The summed E-state index contributed by atoms with van der Waals surface area (Å²) in [4.78, 5) is 14.5. The highest BCUT2D eigenvalue weighted by Gasteiger charge is 2.53. The number of nitrogens with one attached hydrogen (secondary N) is 1. The lowest BCUT2D eigenvalue weighted by Gasteiger charge is -2.12. The van der Waals surface area contributed by atoms with E-state index in [1.54, 1.807) is 12.1 Å². The van der Waals surface area contributed by atoms with Crippen molar-refractivity contribution in [3.05, 3.63) is 34.4 Å². The first-order valence-corrected chi connectivity index (χ1v) is 7.49. The maximum Gasteiger partial charge on any atom is 0.321 e. The van der Waals surface area contributed by atoms with Gasteiger partial charge >= 0.3 is 6.01 Å². The third-order valence-electron chi connectivity index (χ3n) is 4.69. The predicted octanol–water partition coefficient (Wildman–Crippen LogP) is 3.25. The average molecular weight is 300 g/mol. The fourth-order valence-corrected chi connectivity index (χ4v) is 2.98. The molecule has 0 bridgehead atoms. The number of aromatic nitrogens is 2. The Kier molecular flexibility index (Phi) is 2.88. The van der Waals surface area contributed by atoms with Gasteiger partial charge in [0.25, 0.3) is 5.69 Å². The van der Waals surface area contributed by atoms with Crippen molar-refractivity contribution in [2.75, 3.05) is 11.9 Å². The van der Waals surface area contributed by atoms with Gasteiger partial charge in [-0.25, -0.2) is 0 Å². The van der Waals surface area contributed by atoms with Crippen molar-refractivity contribution in [2.45, 2.75) is 25.7 Å². The standard InChI is InChI=1S/C15H16N4O3/c20-19(21)12-5-1-10(2-6-12)13-17-14(22-18-13)16-9-15(7-8-15)11-3-4-11/h1-2,5-6,11H,3-4,7-9H2,(H,16,17,18). The second kappa shape index (κ2) is 4.79. The van der Waals surface area contributed by atoms with E-state index in [-0.39, 0.29) is 5.69 Å². The van der Waals surface area contributed by atoms with E-state index in [0.29, 0.717) is 22.8 Å². The first kappa shape index (κ1) is 13.2. The van der Waals surface area contributed by atoms with Crippen molar-refractivity contribution in [2.24, 2.45) is 11.3 Å². The summed E-state index contributed by atoms with van der Waals surface area (Å²) in [6.45, 7) is 0.888. The van der Waals surface area contributed by atoms with Crippen molar-refractivity contribution < 1.29 is 9.45 Å². The normalized spacial score (nSPS) is 18.9. The predicted molar refractivity (Wildman–Crippen MR) is 79.3 cm³/mol. The van der Waals surface area contributed by atoms with Crippen LogP contribution in [0.15, 0.2) is 28.8 Å². The molecule has 2 saturated carbocycles. The van der Waals surface area contributed by atoms with Crippen LogP contribution in [0.2, 0.25) is 0 Å². The van der Waals surface area contributed by atoms with Crippen LogP contribution in [0.1, 0.15) is 25.7 Å². The molecule has 2 aromatic rings. The zero-order valence-corrected chi connectivity index (χ0v) is 12.0. The SMILES string of the molecule is O=[N+]([O-])c1ccc(-c2noc(NCC3(C4CC4)CC3)n2)cc1. The number of nitrogens with zero attached hydrogens (tertiary/aromatic N) is 3. The van der Waals surface area contributed by atoms with Crippen molar-refractivity contribution in [1.29, 1.82) is 0 Å². The van der Waals surface area contributed by atoms with Crippen LogP contribution in [0.3, 0.4) is 0 Å². The Labute approximate surface area is 126 Å². The van der Waals surface area contributed by atoms with Crippen LogP contribution in [0, 0.1) is 21.4 Å². The molecule has 0 unspecified atom stereocenters. The van der Waals surface area contributed by atoms with Crippen molar-refractivity contribution >= 4 is 11.7 Å². The summed E-state index contributed by atoms with van der Waals surface area (Å²) in [6, 6.07) is 6.54. The third-order valence-corrected chi connectivity index (χ3v) is 4.69. The molecular formula is C15H16N4O3. The maximum absolute atomic E-state index is 10.6. The number of non-ortho nitro benzene ring substituents is 1. The largest absolute Gasteiger partial charge is 0.337 e. The molecule has 0 atom stereocenters. The van der Waals surface area contributed by atoms with Gasteiger partial charge in [-0.2, -0.15) is 4.98 Å². The summed E-state index contributed by atoms with van der Waals surface area (Å²) in [5.74, 6) is 1.31. The molecule has 2 aliphatic rings. The van der Waals surface area contributed by atoms with Gasteiger partial charge in [0, 0.05) is 24.2 Å². The van der Waals surface area contributed by atoms with E-state index in [2.05, 4.69) is 15.5 Å². The van der Waals surface area contributed by atoms with Gasteiger partial charge < -0.3 is 9.84 Å². The summed E-state index contributed by atoms with van der Waals surface area (Å²) in [5.41, 5.74) is 1.21. The molecular weight excluding hydrogens is 284 g/mol. The van der Waals surface area contributed by atoms with Gasteiger partial charge in [0.05, 0.1) is 4.92 Å². The molecule has 1 N–H and O–H groups in total. The van der Waals surface area contributed by atoms with Crippen LogP contribution in [-0.2, 0) is 0 Å². The van der Waals surface area contributed by atoms with Gasteiger partial charge in [0.1, 0.15) is 0 Å². The van der Waals surface area contributed by atoms with Crippen molar-refractivity contribution in [3.63, 3.8) is 0 Å². The molecule has 2 aliphatic carbocycles. The van der Waals surface area contributed by atoms with E-state index in [0.717, 1.165) is 12.5 Å². The fourth-order valence-electron chi connectivity index (χ4n) is 2.98. The molecule has 0 amide bonds. The lowest BCUT2D eigenvalue weighted by atomic mass is 10.0. The van der Waals surface area contributed by atoms with Crippen LogP contribution in [-0.4, -0.2) is 21.6 Å². The molecule has 22 heavy (non-hydrogen) atoms. The minimum absolute atomic E-state index is 0.0469. The Balaban J connectivity index is 1.43. The summed E-state index contributed by atoms with van der Waals surface area (Å²) in [6.07, 6.45) is 5.27. The molecule has 0 saturated heterocycles. The van der Waals surface area contributed by atoms with Gasteiger partial charge in [-0.15, -0.1) is 0 Å². The first-order chi connectivity index (χ1) is 10.7. The lowest BCUT2D eigenvalue weighted by Crippen LogP contribution is -2.17. The van der Waals surface area contributed by atoms with E-state index in [1.165, 1.54) is 37.8 Å². The molecule has 0 radical (unpaired) electrons. The smallest absolute Gasteiger partial charge is 0.321 e. The van der Waals surface area contributed by atoms with E-state index in [4.69, 9.17) is 4.52 Å². The minimum Gasteiger partial charge on any atom is -0.337 e. The topological polar surface area (TPSA) is 94.1 Å². The third kappa shape index (κ3) is 2.43. The monoisotopic (exact) mass is 300 g/mol. The Morgan fingerprint density at radius 3 is 2.64 bits per heavy atom. The van der Waals surface area contributed by atoms with E-state index >= 15 is 0 Å². The molecule has 0 spiro atoms. The zero-order valence-electron chi connectivity index (χ0n) is 12.0. The van der Waals surface area contributed by atoms with Crippen LogP contribution in [0.5, 0.6) is 0 Å². The lowest BCUT2D eigenvalue weighted by molar-refractivity contribution is -0.384. The Morgan fingerprint density at radius 1 is 1.32 bits per heavy atom. The highest BCUT2D eigenvalue weighted by molar-refractivity contribution is 5.57. The van der Waals surface area contributed by atoms with E-state index in [1.807, 2.05) is 0 Å². The van der Waals surface area contributed by atoms with Crippen LogP contribution >= 0.6 is 0 Å². The second-order valence-electron chi connectivity index (χ2n) is 6.22. The highest BCUT2D eigenvalue weighted by Crippen LogP contribution is 2.61.